The minimum Gasteiger partial charge on any atom is -0.229 e. The second kappa shape index (κ2) is 12.7. The summed E-state index contributed by atoms with van der Waals surface area (Å²) in [5, 5.41) is 0.667. The van der Waals surface area contributed by atoms with Gasteiger partial charge in [-0.05, 0) is 69.6 Å². The number of hydrogen-bond acceptors (Lipinski definition) is 1. The third kappa shape index (κ3) is 5.48. The number of amidine groups is 1. The summed E-state index contributed by atoms with van der Waals surface area (Å²) in [5.74, 6) is 0.559. The van der Waals surface area contributed by atoms with Crippen LogP contribution in [0.2, 0.25) is 5.02 Å². The Morgan fingerprint density at radius 2 is 1.06 bits per heavy atom. The summed E-state index contributed by atoms with van der Waals surface area (Å²) in [4.78, 5) is 10.2. The Labute approximate surface area is 281 Å². The number of benzene rings is 6. The predicted molar refractivity (Wildman–Crippen MR) is 199 cm³/mol. The highest BCUT2D eigenvalue weighted by Gasteiger charge is 2.45. The number of aliphatic imine (C=N–C) groups is 2. The van der Waals surface area contributed by atoms with Crippen LogP contribution in [0.25, 0.3) is 16.8 Å². The van der Waals surface area contributed by atoms with Crippen molar-refractivity contribution < 1.29 is 0 Å². The highest BCUT2D eigenvalue weighted by molar-refractivity contribution is 6.30. The molecular weight excluding hydrogens is 592 g/mol. The maximum absolute atomic E-state index is 6.20. The third-order valence-corrected chi connectivity index (χ3v) is 9.05. The van der Waals surface area contributed by atoms with Gasteiger partial charge in [-0.15, -0.1) is 0 Å². The highest BCUT2D eigenvalue weighted by Crippen LogP contribution is 2.56. The van der Waals surface area contributed by atoms with Crippen molar-refractivity contribution in [2.45, 2.75) is 12.3 Å². The average Bonchev–Trinajstić information content (AvgIpc) is 3.42. The lowest BCUT2D eigenvalue weighted by Crippen LogP contribution is -2.28. The van der Waals surface area contributed by atoms with Crippen molar-refractivity contribution >= 4 is 28.8 Å². The van der Waals surface area contributed by atoms with Crippen molar-refractivity contribution in [2.75, 3.05) is 0 Å². The Kier molecular flexibility index (Phi) is 8.12. The second-order valence-electron chi connectivity index (χ2n) is 11.8. The smallest absolute Gasteiger partial charge is 0.160 e. The molecule has 1 aliphatic rings. The molecule has 0 atom stereocenters. The van der Waals surface area contributed by atoms with E-state index < -0.39 is 5.41 Å². The molecule has 1 aliphatic carbocycles. The van der Waals surface area contributed by atoms with Gasteiger partial charge >= 0.3 is 0 Å². The number of rotatable bonds is 7. The molecule has 0 radical (unpaired) electrons. The van der Waals surface area contributed by atoms with Crippen LogP contribution in [0.1, 0.15) is 45.9 Å². The van der Waals surface area contributed by atoms with Gasteiger partial charge in [0.25, 0.3) is 0 Å². The molecular formula is C44H33ClN2. The molecule has 0 amide bonds. The van der Waals surface area contributed by atoms with Crippen LogP contribution in [0.3, 0.4) is 0 Å². The van der Waals surface area contributed by atoms with Crippen molar-refractivity contribution in [3.8, 4) is 11.1 Å². The van der Waals surface area contributed by atoms with Crippen molar-refractivity contribution in [3.05, 3.63) is 220 Å². The largest absolute Gasteiger partial charge is 0.229 e. The van der Waals surface area contributed by atoms with Gasteiger partial charge in [0.2, 0.25) is 0 Å². The molecule has 0 aromatic heterocycles. The van der Waals surface area contributed by atoms with Gasteiger partial charge in [0, 0.05) is 16.1 Å². The summed E-state index contributed by atoms with van der Waals surface area (Å²) in [7, 11) is 0. The monoisotopic (exact) mass is 624 g/mol. The van der Waals surface area contributed by atoms with E-state index in [1.807, 2.05) is 61.5 Å². The standard InChI is InChI=1S/C44H33ClN2/c1-30(2)42(32-25-27-37(45)28-26-32)47-43(33-15-6-4-7-16-33)46-31(3)34-17-14-20-36(29-34)44(35-18-8-5-9-19-35)40-23-12-10-21-38(40)39-22-11-13-24-41(39)44/h4-29H,1,3H2,2H3. The Bertz CT molecular complexity index is 2130. The third-order valence-electron chi connectivity index (χ3n) is 8.80. The van der Waals surface area contributed by atoms with E-state index in [1.165, 1.54) is 27.8 Å². The number of fused-ring (bicyclic) bond motifs is 3. The van der Waals surface area contributed by atoms with E-state index >= 15 is 0 Å². The van der Waals surface area contributed by atoms with Crippen molar-refractivity contribution in [2.24, 2.45) is 9.98 Å². The topological polar surface area (TPSA) is 24.7 Å². The van der Waals surface area contributed by atoms with Gasteiger partial charge in [-0.2, -0.15) is 0 Å². The van der Waals surface area contributed by atoms with E-state index in [1.54, 1.807) is 0 Å². The summed E-state index contributed by atoms with van der Waals surface area (Å²) >= 11 is 6.20. The summed E-state index contributed by atoms with van der Waals surface area (Å²) in [5.41, 5.74) is 11.8. The normalized spacial score (nSPS) is 13.5. The van der Waals surface area contributed by atoms with Crippen LogP contribution in [0.4, 0.5) is 0 Å². The molecule has 6 aromatic rings. The number of halogens is 1. The minimum absolute atomic E-state index is 0.503. The quantitative estimate of drug-likeness (QED) is 0.124. The average molecular weight is 625 g/mol. The fraction of sp³-hybridized carbons (Fsp3) is 0.0455. The van der Waals surface area contributed by atoms with Crippen LogP contribution >= 0.6 is 11.6 Å². The van der Waals surface area contributed by atoms with Gasteiger partial charge in [-0.3, -0.25) is 0 Å². The summed E-state index contributed by atoms with van der Waals surface area (Å²) in [6.07, 6.45) is 0. The van der Waals surface area contributed by atoms with Crippen molar-refractivity contribution in [1.29, 1.82) is 0 Å². The molecule has 2 nitrogen and oxygen atoms in total. The molecule has 47 heavy (non-hydrogen) atoms. The van der Waals surface area contributed by atoms with Crippen LogP contribution in [0, 0.1) is 0 Å². The van der Waals surface area contributed by atoms with Gasteiger partial charge in [-0.1, -0.05) is 164 Å². The zero-order valence-corrected chi connectivity index (χ0v) is 27.0. The van der Waals surface area contributed by atoms with E-state index in [-0.39, 0.29) is 0 Å². The number of nitrogens with zero attached hydrogens (tertiary/aromatic N) is 2. The van der Waals surface area contributed by atoms with Gasteiger partial charge in [-0.25, -0.2) is 9.98 Å². The van der Waals surface area contributed by atoms with Crippen LogP contribution < -0.4 is 0 Å². The molecule has 0 N–H and O–H groups in total. The van der Waals surface area contributed by atoms with Crippen LogP contribution in [-0.2, 0) is 5.41 Å². The van der Waals surface area contributed by atoms with E-state index in [0.29, 0.717) is 16.6 Å². The van der Waals surface area contributed by atoms with E-state index in [2.05, 4.69) is 116 Å². The molecule has 7 rings (SSSR count). The zero-order chi connectivity index (χ0) is 32.4. The number of allylic oxidation sites excluding steroid dienone is 1. The first-order valence-corrected chi connectivity index (χ1v) is 16.0. The van der Waals surface area contributed by atoms with Crippen LogP contribution in [0.15, 0.2) is 186 Å². The Morgan fingerprint density at radius 1 is 0.532 bits per heavy atom. The Morgan fingerprint density at radius 3 is 1.68 bits per heavy atom. The lowest BCUT2D eigenvalue weighted by Gasteiger charge is -2.34. The molecule has 0 unspecified atom stereocenters. The summed E-state index contributed by atoms with van der Waals surface area (Å²) in [6, 6.07) is 54.6. The Balaban J connectivity index is 1.40. The second-order valence-corrected chi connectivity index (χ2v) is 12.2. The van der Waals surface area contributed by atoms with E-state index in [4.69, 9.17) is 21.6 Å². The van der Waals surface area contributed by atoms with E-state index in [0.717, 1.165) is 33.5 Å². The molecule has 0 aliphatic heterocycles. The molecule has 0 fully saturated rings. The van der Waals surface area contributed by atoms with Crippen molar-refractivity contribution in [1.82, 2.24) is 0 Å². The SMILES string of the molecule is C=C(C)C(=NC(=NC(=C)c1cccc(C2(c3ccccc3)c3ccccc3-c3ccccc32)c1)c1ccccc1)c1ccc(Cl)cc1. The molecule has 0 bridgehead atoms. The fourth-order valence-corrected chi connectivity index (χ4v) is 6.82. The van der Waals surface area contributed by atoms with Gasteiger partial charge in [0.15, 0.2) is 5.84 Å². The zero-order valence-electron chi connectivity index (χ0n) is 26.2. The maximum Gasteiger partial charge on any atom is 0.160 e. The number of hydrogen-bond donors (Lipinski definition) is 0. The van der Waals surface area contributed by atoms with Crippen LogP contribution in [0.5, 0.6) is 0 Å². The summed E-state index contributed by atoms with van der Waals surface area (Å²) < 4.78 is 0. The first-order chi connectivity index (χ1) is 23.0. The molecule has 6 aromatic carbocycles. The molecule has 0 saturated heterocycles. The maximum atomic E-state index is 6.20. The Hall–Kier alpha value is -5.57. The first-order valence-electron chi connectivity index (χ1n) is 15.7. The minimum atomic E-state index is -0.503. The molecule has 0 spiro atoms. The van der Waals surface area contributed by atoms with E-state index in [9.17, 15) is 0 Å². The van der Waals surface area contributed by atoms with Gasteiger partial charge < -0.3 is 0 Å². The van der Waals surface area contributed by atoms with Crippen LogP contribution in [-0.4, -0.2) is 11.5 Å². The fourth-order valence-electron chi connectivity index (χ4n) is 6.70. The lowest BCUT2D eigenvalue weighted by atomic mass is 9.67. The molecule has 226 valence electrons. The highest BCUT2D eigenvalue weighted by atomic mass is 35.5. The molecule has 3 heteroatoms. The lowest BCUT2D eigenvalue weighted by molar-refractivity contribution is 0.768. The van der Waals surface area contributed by atoms with Gasteiger partial charge in [0.05, 0.1) is 16.8 Å². The molecule has 0 saturated carbocycles. The van der Waals surface area contributed by atoms with Gasteiger partial charge in [0.1, 0.15) is 0 Å². The first kappa shape index (κ1) is 30.1. The predicted octanol–water partition coefficient (Wildman–Crippen LogP) is 11.2. The summed E-state index contributed by atoms with van der Waals surface area (Å²) in [6.45, 7) is 10.7. The molecule has 0 heterocycles. The van der Waals surface area contributed by atoms with Crippen molar-refractivity contribution in [3.63, 3.8) is 0 Å².